The molecule has 1 atom stereocenters. The van der Waals surface area contributed by atoms with E-state index in [1.54, 1.807) is 7.11 Å². The van der Waals surface area contributed by atoms with Crippen LogP contribution < -0.4 is 15.4 Å². The van der Waals surface area contributed by atoms with Crippen LogP contribution in [0.25, 0.3) is 0 Å². The van der Waals surface area contributed by atoms with Crippen LogP contribution in [0.1, 0.15) is 30.9 Å². The van der Waals surface area contributed by atoms with E-state index in [0.29, 0.717) is 25.6 Å². The van der Waals surface area contributed by atoms with Crippen molar-refractivity contribution in [1.82, 2.24) is 10.6 Å². The van der Waals surface area contributed by atoms with Crippen LogP contribution in [0.15, 0.2) is 24.3 Å². The second kappa shape index (κ2) is 7.26. The Kier molecular flexibility index (Phi) is 5.38. The molecule has 5 heteroatoms. The summed E-state index contributed by atoms with van der Waals surface area (Å²) in [6, 6.07) is 7.73. The molecule has 1 fully saturated rings. The van der Waals surface area contributed by atoms with E-state index < -0.39 is 6.10 Å². The van der Waals surface area contributed by atoms with Gasteiger partial charge in [0.15, 0.2) is 0 Å². The first-order chi connectivity index (χ1) is 9.69. The van der Waals surface area contributed by atoms with Crippen molar-refractivity contribution in [2.45, 2.75) is 31.4 Å². The van der Waals surface area contributed by atoms with E-state index in [2.05, 4.69) is 10.6 Å². The normalized spacial score (nSPS) is 15.7. The number of aliphatic hydroxyl groups excluding tert-OH is 1. The highest BCUT2D eigenvalue weighted by Crippen LogP contribution is 2.18. The van der Waals surface area contributed by atoms with Crippen molar-refractivity contribution in [2.75, 3.05) is 20.2 Å². The molecule has 1 unspecified atom stereocenters. The number of hydrogen-bond acceptors (Lipinski definition) is 4. The van der Waals surface area contributed by atoms with Crippen molar-refractivity contribution >= 4 is 5.91 Å². The maximum absolute atomic E-state index is 11.5. The summed E-state index contributed by atoms with van der Waals surface area (Å²) < 4.78 is 5.07. The number of methoxy groups -OCH3 is 1. The van der Waals surface area contributed by atoms with E-state index in [0.717, 1.165) is 24.2 Å². The van der Waals surface area contributed by atoms with Gasteiger partial charge in [-0.05, 0) is 30.5 Å². The Morgan fingerprint density at radius 2 is 2.10 bits per heavy atom. The zero-order valence-electron chi connectivity index (χ0n) is 11.8. The first kappa shape index (κ1) is 14.8. The predicted octanol–water partition coefficient (Wildman–Crippen LogP) is 0.987. The number of benzene rings is 1. The third kappa shape index (κ3) is 4.83. The van der Waals surface area contributed by atoms with Crippen molar-refractivity contribution in [3.05, 3.63) is 29.8 Å². The van der Waals surface area contributed by atoms with Gasteiger partial charge in [-0.15, -0.1) is 0 Å². The van der Waals surface area contributed by atoms with Crippen molar-refractivity contribution in [2.24, 2.45) is 0 Å². The van der Waals surface area contributed by atoms with Crippen LogP contribution in [0.4, 0.5) is 0 Å². The lowest BCUT2D eigenvalue weighted by atomic mass is 10.1. The molecule has 110 valence electrons. The lowest BCUT2D eigenvalue weighted by Gasteiger charge is -2.12. The van der Waals surface area contributed by atoms with Gasteiger partial charge < -0.3 is 20.5 Å². The van der Waals surface area contributed by atoms with E-state index in [1.807, 2.05) is 24.3 Å². The fraction of sp³-hybridized carbons (Fsp3) is 0.533. The number of nitrogens with one attached hydrogen (secondary N) is 2. The number of carbonyl (C=O) groups is 1. The predicted molar refractivity (Wildman–Crippen MR) is 76.6 cm³/mol. The van der Waals surface area contributed by atoms with E-state index in [4.69, 9.17) is 4.74 Å². The zero-order chi connectivity index (χ0) is 14.4. The third-order valence-corrected chi connectivity index (χ3v) is 3.31. The molecule has 1 amide bonds. The Labute approximate surface area is 119 Å². The van der Waals surface area contributed by atoms with Crippen molar-refractivity contribution in [1.29, 1.82) is 0 Å². The monoisotopic (exact) mass is 278 g/mol. The minimum absolute atomic E-state index is 0.0823. The molecule has 0 heterocycles. The van der Waals surface area contributed by atoms with Crippen LogP contribution in [-0.2, 0) is 4.79 Å². The smallest absolute Gasteiger partial charge is 0.221 e. The SMILES string of the molecule is COc1ccc(C(O)CNCCC(=O)NC2CC2)cc1. The molecule has 1 aromatic carbocycles. The molecule has 3 N–H and O–H groups in total. The van der Waals surface area contributed by atoms with E-state index in [9.17, 15) is 9.90 Å². The number of carbonyl (C=O) groups excluding carboxylic acids is 1. The molecule has 0 spiro atoms. The molecule has 0 bridgehead atoms. The molecule has 1 aromatic rings. The van der Waals surface area contributed by atoms with Gasteiger partial charge in [0.05, 0.1) is 13.2 Å². The number of hydrogen-bond donors (Lipinski definition) is 3. The maximum Gasteiger partial charge on any atom is 0.221 e. The minimum atomic E-state index is -0.576. The topological polar surface area (TPSA) is 70.6 Å². The van der Waals surface area contributed by atoms with Gasteiger partial charge >= 0.3 is 0 Å². The summed E-state index contributed by atoms with van der Waals surface area (Å²) in [6.45, 7) is 1.01. The molecule has 0 radical (unpaired) electrons. The van der Waals surface area contributed by atoms with Crippen LogP contribution in [0.5, 0.6) is 5.75 Å². The second-order valence-electron chi connectivity index (χ2n) is 5.08. The zero-order valence-corrected chi connectivity index (χ0v) is 11.8. The highest BCUT2D eigenvalue weighted by atomic mass is 16.5. The Bertz CT molecular complexity index is 429. The van der Waals surface area contributed by atoms with Crippen LogP contribution in [0.2, 0.25) is 0 Å². The summed E-state index contributed by atoms with van der Waals surface area (Å²) in [5.74, 6) is 0.851. The fourth-order valence-corrected chi connectivity index (χ4v) is 1.91. The highest BCUT2D eigenvalue weighted by Gasteiger charge is 2.22. The Hall–Kier alpha value is -1.59. The summed E-state index contributed by atoms with van der Waals surface area (Å²) in [4.78, 5) is 11.5. The van der Waals surface area contributed by atoms with Crippen LogP contribution in [0, 0.1) is 0 Å². The quantitative estimate of drug-likeness (QED) is 0.620. The molecular weight excluding hydrogens is 256 g/mol. The largest absolute Gasteiger partial charge is 0.497 e. The lowest BCUT2D eigenvalue weighted by Crippen LogP contribution is -2.30. The molecule has 0 saturated heterocycles. The lowest BCUT2D eigenvalue weighted by molar-refractivity contribution is -0.121. The van der Waals surface area contributed by atoms with Gasteiger partial charge in [-0.3, -0.25) is 4.79 Å². The van der Waals surface area contributed by atoms with Gasteiger partial charge in [0.2, 0.25) is 5.91 Å². The van der Waals surface area contributed by atoms with Gasteiger partial charge in [0.25, 0.3) is 0 Å². The summed E-state index contributed by atoms with van der Waals surface area (Å²) in [6.07, 6.45) is 2.09. The van der Waals surface area contributed by atoms with Crippen molar-refractivity contribution in [3.63, 3.8) is 0 Å². The summed E-state index contributed by atoms with van der Waals surface area (Å²) >= 11 is 0. The Morgan fingerprint density at radius 3 is 2.70 bits per heavy atom. The summed E-state index contributed by atoms with van der Waals surface area (Å²) in [7, 11) is 1.61. The molecule has 2 rings (SSSR count). The number of rotatable bonds is 8. The standard InChI is InChI=1S/C15H22N2O3/c1-20-13-6-2-11(3-7-13)14(18)10-16-9-8-15(19)17-12-4-5-12/h2-3,6-7,12,14,16,18H,4-5,8-10H2,1H3,(H,17,19). The molecule has 20 heavy (non-hydrogen) atoms. The Morgan fingerprint density at radius 1 is 1.40 bits per heavy atom. The molecule has 5 nitrogen and oxygen atoms in total. The van der Waals surface area contributed by atoms with Crippen molar-refractivity contribution in [3.8, 4) is 5.75 Å². The first-order valence-corrected chi connectivity index (χ1v) is 7.01. The minimum Gasteiger partial charge on any atom is -0.497 e. The molecule has 0 aromatic heterocycles. The van der Waals surface area contributed by atoms with Gasteiger partial charge in [-0.2, -0.15) is 0 Å². The van der Waals surface area contributed by atoms with E-state index >= 15 is 0 Å². The molecular formula is C15H22N2O3. The average molecular weight is 278 g/mol. The molecule has 1 aliphatic carbocycles. The second-order valence-corrected chi connectivity index (χ2v) is 5.08. The van der Waals surface area contributed by atoms with Crippen molar-refractivity contribution < 1.29 is 14.6 Å². The van der Waals surface area contributed by atoms with Gasteiger partial charge in [0, 0.05) is 25.6 Å². The fourth-order valence-electron chi connectivity index (χ4n) is 1.91. The first-order valence-electron chi connectivity index (χ1n) is 7.01. The number of amides is 1. The van der Waals surface area contributed by atoms with E-state index in [1.165, 1.54) is 0 Å². The van der Waals surface area contributed by atoms with Crippen LogP contribution >= 0.6 is 0 Å². The third-order valence-electron chi connectivity index (χ3n) is 3.31. The van der Waals surface area contributed by atoms with Gasteiger partial charge in [-0.25, -0.2) is 0 Å². The molecule has 0 aliphatic heterocycles. The number of ether oxygens (including phenoxy) is 1. The summed E-state index contributed by atoms with van der Waals surface area (Å²) in [5.41, 5.74) is 0.834. The van der Waals surface area contributed by atoms with E-state index in [-0.39, 0.29) is 5.91 Å². The molecule has 1 saturated carbocycles. The number of aliphatic hydroxyl groups is 1. The molecule has 1 aliphatic rings. The maximum atomic E-state index is 11.5. The van der Waals surface area contributed by atoms with Crippen LogP contribution in [-0.4, -0.2) is 37.3 Å². The van der Waals surface area contributed by atoms with Gasteiger partial charge in [-0.1, -0.05) is 12.1 Å². The Balaban J connectivity index is 1.63. The highest BCUT2D eigenvalue weighted by molar-refractivity contribution is 5.76. The average Bonchev–Trinajstić information content (AvgIpc) is 3.27. The van der Waals surface area contributed by atoms with Crippen LogP contribution in [0.3, 0.4) is 0 Å². The van der Waals surface area contributed by atoms with Gasteiger partial charge in [0.1, 0.15) is 5.75 Å². The summed E-state index contributed by atoms with van der Waals surface area (Å²) in [5, 5.41) is 16.0.